The Morgan fingerprint density at radius 2 is 1.96 bits per heavy atom. The molecule has 1 amide bonds. The number of methoxy groups -OCH3 is 1. The minimum Gasteiger partial charge on any atom is -0.497 e. The van der Waals surface area contributed by atoms with Gasteiger partial charge in [-0.05, 0) is 55.0 Å². The molecule has 3 rings (SSSR count). The van der Waals surface area contributed by atoms with E-state index in [0.29, 0.717) is 30.3 Å². The van der Waals surface area contributed by atoms with Gasteiger partial charge in [-0.15, -0.1) is 0 Å². The van der Waals surface area contributed by atoms with Crippen molar-refractivity contribution in [2.24, 2.45) is 5.92 Å². The molecule has 6 heteroatoms. The number of carbonyl (C=O) groups is 2. The number of piperidine rings is 1. The lowest BCUT2D eigenvalue weighted by Crippen LogP contribution is -2.39. The van der Waals surface area contributed by atoms with Crippen LogP contribution >= 0.6 is 0 Å². The van der Waals surface area contributed by atoms with Gasteiger partial charge in [0.25, 0.3) is 5.91 Å². The fourth-order valence-electron chi connectivity index (χ4n) is 3.34. The Bertz CT molecular complexity index is 784. The van der Waals surface area contributed by atoms with E-state index >= 15 is 0 Å². The van der Waals surface area contributed by atoms with E-state index in [2.05, 4.69) is 11.1 Å². The Hall–Kier alpha value is -2.89. The second kappa shape index (κ2) is 7.99. The molecule has 1 saturated heterocycles. The van der Waals surface area contributed by atoms with Crippen molar-refractivity contribution < 1.29 is 19.4 Å². The Morgan fingerprint density at radius 3 is 2.58 bits per heavy atom. The first-order chi connectivity index (χ1) is 12.6. The summed E-state index contributed by atoms with van der Waals surface area (Å²) in [5.74, 6) is -0.317. The van der Waals surface area contributed by atoms with Gasteiger partial charge in [0.1, 0.15) is 5.75 Å². The SMILES string of the molecule is COc1cc(C(=O)O)cc(C(=O)N2CCC(Cc3cccnc3)CC2)c1. The number of carbonyl (C=O) groups excluding carboxylic acids is 1. The van der Waals surface area contributed by atoms with Gasteiger partial charge in [0.15, 0.2) is 0 Å². The van der Waals surface area contributed by atoms with E-state index in [1.54, 1.807) is 17.2 Å². The minimum atomic E-state index is -1.08. The highest BCUT2D eigenvalue weighted by Gasteiger charge is 2.25. The van der Waals surface area contributed by atoms with Gasteiger partial charge in [0, 0.05) is 31.0 Å². The number of ether oxygens (including phenoxy) is 1. The summed E-state index contributed by atoms with van der Waals surface area (Å²) in [6.07, 6.45) is 6.48. The molecule has 0 aliphatic carbocycles. The van der Waals surface area contributed by atoms with Crippen LogP contribution in [0.4, 0.5) is 0 Å². The third-order valence-electron chi connectivity index (χ3n) is 4.79. The van der Waals surface area contributed by atoms with Crippen molar-refractivity contribution in [1.82, 2.24) is 9.88 Å². The molecule has 6 nitrogen and oxygen atoms in total. The first kappa shape index (κ1) is 17.9. The molecule has 2 heterocycles. The van der Waals surface area contributed by atoms with Gasteiger partial charge < -0.3 is 14.7 Å². The molecule has 0 bridgehead atoms. The molecule has 0 spiro atoms. The number of nitrogens with zero attached hydrogens (tertiary/aromatic N) is 2. The third-order valence-corrected chi connectivity index (χ3v) is 4.79. The van der Waals surface area contributed by atoms with Crippen LogP contribution in [0.15, 0.2) is 42.7 Å². The number of hydrogen-bond acceptors (Lipinski definition) is 4. The van der Waals surface area contributed by atoms with Crippen LogP contribution in [-0.4, -0.2) is 47.1 Å². The number of rotatable bonds is 5. The molecular formula is C20H22N2O4. The van der Waals surface area contributed by atoms with Crippen LogP contribution in [0.5, 0.6) is 5.75 Å². The fraction of sp³-hybridized carbons (Fsp3) is 0.350. The average Bonchev–Trinajstić information content (AvgIpc) is 2.68. The van der Waals surface area contributed by atoms with Crippen molar-refractivity contribution in [2.45, 2.75) is 19.3 Å². The second-order valence-electron chi connectivity index (χ2n) is 6.56. The summed E-state index contributed by atoms with van der Waals surface area (Å²) in [7, 11) is 1.46. The normalized spacial score (nSPS) is 14.9. The van der Waals surface area contributed by atoms with Crippen molar-refractivity contribution in [3.63, 3.8) is 0 Å². The van der Waals surface area contributed by atoms with Crippen LogP contribution in [0.1, 0.15) is 39.1 Å². The largest absolute Gasteiger partial charge is 0.497 e. The quantitative estimate of drug-likeness (QED) is 0.893. The predicted octanol–water partition coefficient (Wildman–Crippen LogP) is 2.88. The van der Waals surface area contributed by atoms with Crippen molar-refractivity contribution in [2.75, 3.05) is 20.2 Å². The molecule has 0 unspecified atom stereocenters. The van der Waals surface area contributed by atoms with E-state index < -0.39 is 5.97 Å². The number of carboxylic acid groups (broad SMARTS) is 1. The van der Waals surface area contributed by atoms with E-state index in [1.807, 2.05) is 12.3 Å². The lowest BCUT2D eigenvalue weighted by molar-refractivity contribution is 0.0690. The molecule has 1 aliphatic heterocycles. The summed E-state index contributed by atoms with van der Waals surface area (Å²) >= 11 is 0. The van der Waals surface area contributed by atoms with Crippen molar-refractivity contribution >= 4 is 11.9 Å². The van der Waals surface area contributed by atoms with Gasteiger partial charge in [0.2, 0.25) is 0 Å². The zero-order valence-electron chi connectivity index (χ0n) is 14.7. The number of likely N-dealkylation sites (tertiary alicyclic amines) is 1. The Balaban J connectivity index is 1.65. The van der Waals surface area contributed by atoms with Gasteiger partial charge in [-0.2, -0.15) is 0 Å². The number of aromatic carboxylic acids is 1. The van der Waals surface area contributed by atoms with Gasteiger partial charge in [-0.3, -0.25) is 9.78 Å². The van der Waals surface area contributed by atoms with Gasteiger partial charge >= 0.3 is 5.97 Å². The molecule has 0 atom stereocenters. The standard InChI is InChI=1S/C20H22N2O4/c1-26-18-11-16(10-17(12-18)20(24)25)19(23)22-7-4-14(5-8-22)9-15-3-2-6-21-13-15/h2-3,6,10-14H,4-5,7-9H2,1H3,(H,24,25). The van der Waals surface area contributed by atoms with Crippen LogP contribution in [-0.2, 0) is 6.42 Å². The molecule has 1 aliphatic rings. The predicted molar refractivity (Wildman–Crippen MR) is 96.5 cm³/mol. The van der Waals surface area contributed by atoms with Crippen molar-refractivity contribution in [1.29, 1.82) is 0 Å². The van der Waals surface area contributed by atoms with E-state index in [1.165, 1.54) is 24.8 Å². The van der Waals surface area contributed by atoms with Gasteiger partial charge in [-0.1, -0.05) is 6.07 Å². The maximum Gasteiger partial charge on any atom is 0.335 e. The van der Waals surface area contributed by atoms with E-state index in [0.717, 1.165) is 19.3 Å². The highest BCUT2D eigenvalue weighted by atomic mass is 16.5. The summed E-state index contributed by atoms with van der Waals surface area (Å²) in [4.78, 5) is 30.0. The summed E-state index contributed by atoms with van der Waals surface area (Å²) < 4.78 is 5.13. The lowest BCUT2D eigenvalue weighted by Gasteiger charge is -2.32. The van der Waals surface area contributed by atoms with Crippen LogP contribution in [0.25, 0.3) is 0 Å². The highest BCUT2D eigenvalue weighted by Crippen LogP contribution is 2.24. The van der Waals surface area contributed by atoms with Crippen molar-refractivity contribution in [3.05, 3.63) is 59.4 Å². The molecular weight excluding hydrogens is 332 g/mol. The minimum absolute atomic E-state index is 0.0548. The number of carboxylic acids is 1. The molecule has 0 radical (unpaired) electrons. The second-order valence-corrected chi connectivity index (χ2v) is 6.56. The number of benzene rings is 1. The summed E-state index contributed by atoms with van der Waals surface area (Å²) in [6, 6.07) is 8.44. The summed E-state index contributed by atoms with van der Waals surface area (Å²) in [5.41, 5.74) is 1.63. The number of aromatic nitrogens is 1. The van der Waals surface area contributed by atoms with Crippen LogP contribution in [0.2, 0.25) is 0 Å². The van der Waals surface area contributed by atoms with Crippen molar-refractivity contribution in [3.8, 4) is 5.75 Å². The lowest BCUT2D eigenvalue weighted by atomic mass is 9.90. The topological polar surface area (TPSA) is 79.7 Å². The van der Waals surface area contributed by atoms with Crippen LogP contribution in [0.3, 0.4) is 0 Å². The Morgan fingerprint density at radius 1 is 1.23 bits per heavy atom. The fourth-order valence-corrected chi connectivity index (χ4v) is 3.34. The zero-order valence-corrected chi connectivity index (χ0v) is 14.7. The smallest absolute Gasteiger partial charge is 0.335 e. The van der Waals surface area contributed by atoms with Gasteiger partial charge in [0.05, 0.1) is 12.7 Å². The molecule has 2 aromatic rings. The van der Waals surface area contributed by atoms with Gasteiger partial charge in [-0.25, -0.2) is 4.79 Å². The molecule has 26 heavy (non-hydrogen) atoms. The highest BCUT2D eigenvalue weighted by molar-refractivity contribution is 5.98. The van der Waals surface area contributed by atoms with E-state index in [9.17, 15) is 14.7 Å². The third kappa shape index (κ3) is 4.20. The molecule has 0 saturated carbocycles. The number of hydrogen-bond donors (Lipinski definition) is 1. The zero-order chi connectivity index (χ0) is 18.5. The maximum atomic E-state index is 12.8. The van der Waals surface area contributed by atoms with E-state index in [-0.39, 0.29) is 11.5 Å². The number of amides is 1. The molecule has 136 valence electrons. The molecule has 1 N–H and O–H groups in total. The molecule has 1 fully saturated rings. The molecule has 1 aromatic heterocycles. The first-order valence-electron chi connectivity index (χ1n) is 8.67. The first-order valence-corrected chi connectivity index (χ1v) is 8.67. The maximum absolute atomic E-state index is 12.8. The average molecular weight is 354 g/mol. The molecule has 1 aromatic carbocycles. The Kier molecular flexibility index (Phi) is 5.51. The Labute approximate surface area is 152 Å². The summed E-state index contributed by atoms with van der Waals surface area (Å²) in [6.45, 7) is 1.34. The van der Waals surface area contributed by atoms with Crippen LogP contribution in [0, 0.1) is 5.92 Å². The summed E-state index contributed by atoms with van der Waals surface area (Å²) in [5, 5.41) is 9.21. The number of pyridine rings is 1. The van der Waals surface area contributed by atoms with Crippen LogP contribution < -0.4 is 4.74 Å². The van der Waals surface area contributed by atoms with E-state index in [4.69, 9.17) is 4.74 Å². The monoisotopic (exact) mass is 354 g/mol.